The Balaban J connectivity index is 1.60. The molecule has 28 heavy (non-hydrogen) atoms. The number of carbonyl (C=O) groups is 1. The van der Waals surface area contributed by atoms with E-state index >= 15 is 0 Å². The summed E-state index contributed by atoms with van der Waals surface area (Å²) in [6.45, 7) is 0.317. The molecule has 0 aliphatic heterocycles. The largest absolute Gasteiger partial charge is 0.457 e. The van der Waals surface area contributed by atoms with Crippen molar-refractivity contribution in [1.82, 2.24) is 0 Å². The Bertz CT molecular complexity index is 901. The van der Waals surface area contributed by atoms with Crippen molar-refractivity contribution in [3.05, 3.63) is 84.4 Å². The Morgan fingerprint density at radius 1 is 0.929 bits per heavy atom. The fourth-order valence-electron chi connectivity index (χ4n) is 2.49. The number of benzene rings is 3. The summed E-state index contributed by atoms with van der Waals surface area (Å²) in [5.74, 6) is 1.37. The van der Waals surface area contributed by atoms with Crippen LogP contribution in [0.15, 0.2) is 78.9 Å². The zero-order valence-electron chi connectivity index (χ0n) is 15.1. The van der Waals surface area contributed by atoms with Gasteiger partial charge in [0.15, 0.2) is 0 Å². The standard InChI is InChI=1S/C22H21ClN2O3/c23-14-19(26)15-24-18-6-4-5-16(13-18)22(27)25-17-9-11-21(12-10-17)28-20-7-2-1-3-8-20/h1-13,19,24,26H,14-15H2,(H,25,27). The number of hydrogen-bond donors (Lipinski definition) is 3. The minimum absolute atomic E-state index is 0.150. The average molecular weight is 397 g/mol. The quantitative estimate of drug-likeness (QED) is 0.481. The molecule has 0 spiro atoms. The maximum absolute atomic E-state index is 12.5. The van der Waals surface area contributed by atoms with Crippen LogP contribution in [0.5, 0.6) is 11.5 Å². The molecule has 1 atom stereocenters. The number of carbonyl (C=O) groups excluding carboxylic acids is 1. The highest BCUT2D eigenvalue weighted by Crippen LogP contribution is 2.23. The van der Waals surface area contributed by atoms with E-state index in [4.69, 9.17) is 16.3 Å². The molecule has 3 rings (SSSR count). The monoisotopic (exact) mass is 396 g/mol. The molecule has 0 saturated carbocycles. The number of anilines is 2. The summed E-state index contributed by atoms with van der Waals surface area (Å²) in [7, 11) is 0. The second-order valence-electron chi connectivity index (χ2n) is 6.16. The number of nitrogens with one attached hydrogen (secondary N) is 2. The van der Waals surface area contributed by atoms with E-state index in [0.717, 1.165) is 11.4 Å². The van der Waals surface area contributed by atoms with Gasteiger partial charge in [-0.2, -0.15) is 0 Å². The van der Waals surface area contributed by atoms with Crippen molar-refractivity contribution in [3.63, 3.8) is 0 Å². The minimum atomic E-state index is -0.643. The number of hydrogen-bond acceptors (Lipinski definition) is 4. The molecule has 3 aromatic carbocycles. The zero-order valence-corrected chi connectivity index (χ0v) is 15.9. The lowest BCUT2D eigenvalue weighted by molar-refractivity contribution is 0.102. The number of para-hydroxylation sites is 1. The summed E-state index contributed by atoms with van der Waals surface area (Å²) in [6.07, 6.45) is -0.643. The molecule has 144 valence electrons. The Morgan fingerprint density at radius 3 is 2.36 bits per heavy atom. The van der Waals surface area contributed by atoms with E-state index in [2.05, 4.69) is 10.6 Å². The first kappa shape index (κ1) is 19.7. The molecule has 0 saturated heterocycles. The van der Waals surface area contributed by atoms with E-state index in [1.165, 1.54) is 0 Å². The molecule has 0 aromatic heterocycles. The lowest BCUT2D eigenvalue weighted by Crippen LogP contribution is -2.21. The number of rotatable bonds is 8. The number of aliphatic hydroxyl groups excluding tert-OH is 1. The highest BCUT2D eigenvalue weighted by atomic mass is 35.5. The van der Waals surface area contributed by atoms with Crippen LogP contribution in [0, 0.1) is 0 Å². The molecule has 0 radical (unpaired) electrons. The Kier molecular flexibility index (Phi) is 6.89. The smallest absolute Gasteiger partial charge is 0.255 e. The van der Waals surface area contributed by atoms with Crippen LogP contribution in [-0.2, 0) is 0 Å². The summed E-state index contributed by atoms with van der Waals surface area (Å²) in [5, 5.41) is 15.4. The van der Waals surface area contributed by atoms with E-state index in [1.807, 2.05) is 36.4 Å². The summed E-state index contributed by atoms with van der Waals surface area (Å²) < 4.78 is 5.74. The van der Waals surface area contributed by atoms with Gasteiger partial charge in [-0.25, -0.2) is 0 Å². The van der Waals surface area contributed by atoms with Gasteiger partial charge in [-0.1, -0.05) is 24.3 Å². The lowest BCUT2D eigenvalue weighted by atomic mass is 10.1. The fourth-order valence-corrected chi connectivity index (χ4v) is 2.60. The molecule has 0 aliphatic carbocycles. The van der Waals surface area contributed by atoms with E-state index in [-0.39, 0.29) is 11.8 Å². The SMILES string of the molecule is O=C(Nc1ccc(Oc2ccccc2)cc1)c1cccc(NCC(O)CCl)c1. The lowest BCUT2D eigenvalue weighted by Gasteiger charge is -2.11. The Hall–Kier alpha value is -3.02. The van der Waals surface area contributed by atoms with Crippen molar-refractivity contribution in [3.8, 4) is 11.5 Å². The summed E-state index contributed by atoms with van der Waals surface area (Å²) in [4.78, 5) is 12.5. The van der Waals surface area contributed by atoms with Gasteiger partial charge in [-0.15, -0.1) is 11.6 Å². The van der Waals surface area contributed by atoms with Crippen LogP contribution in [0.2, 0.25) is 0 Å². The third kappa shape index (κ3) is 5.74. The molecule has 1 unspecified atom stereocenters. The van der Waals surface area contributed by atoms with Gasteiger partial charge < -0.3 is 20.5 Å². The third-order valence-electron chi connectivity index (χ3n) is 3.94. The highest BCUT2D eigenvalue weighted by Gasteiger charge is 2.08. The first-order valence-electron chi connectivity index (χ1n) is 8.86. The van der Waals surface area contributed by atoms with Crippen molar-refractivity contribution in [2.24, 2.45) is 0 Å². The maximum atomic E-state index is 12.5. The average Bonchev–Trinajstić information content (AvgIpc) is 2.74. The van der Waals surface area contributed by atoms with E-state index < -0.39 is 6.10 Å². The molecular weight excluding hydrogens is 376 g/mol. The molecule has 0 heterocycles. The van der Waals surface area contributed by atoms with Crippen LogP contribution in [-0.4, -0.2) is 29.5 Å². The normalized spacial score (nSPS) is 11.5. The number of amides is 1. The van der Waals surface area contributed by atoms with Crippen LogP contribution < -0.4 is 15.4 Å². The van der Waals surface area contributed by atoms with E-state index in [9.17, 15) is 9.90 Å². The van der Waals surface area contributed by atoms with Crippen molar-refractivity contribution in [1.29, 1.82) is 0 Å². The molecule has 0 aliphatic rings. The summed E-state index contributed by atoms with van der Waals surface area (Å²) in [6, 6.07) is 23.7. The predicted molar refractivity (Wildman–Crippen MR) is 113 cm³/mol. The van der Waals surface area contributed by atoms with Gasteiger partial charge in [0.1, 0.15) is 11.5 Å². The van der Waals surface area contributed by atoms with Gasteiger partial charge in [-0.3, -0.25) is 4.79 Å². The molecule has 1 amide bonds. The number of alkyl halides is 1. The number of halogens is 1. The first-order chi connectivity index (χ1) is 13.6. The molecule has 3 aromatic rings. The molecule has 0 fully saturated rings. The topological polar surface area (TPSA) is 70.6 Å². The molecule has 3 N–H and O–H groups in total. The van der Waals surface area contributed by atoms with Crippen LogP contribution in [0.25, 0.3) is 0 Å². The first-order valence-corrected chi connectivity index (χ1v) is 9.40. The van der Waals surface area contributed by atoms with Crippen molar-refractivity contribution in [2.75, 3.05) is 23.1 Å². The van der Waals surface area contributed by atoms with E-state index in [1.54, 1.807) is 42.5 Å². The van der Waals surface area contributed by atoms with Gasteiger partial charge in [0.2, 0.25) is 0 Å². The maximum Gasteiger partial charge on any atom is 0.255 e. The molecular formula is C22H21ClN2O3. The zero-order chi connectivity index (χ0) is 19.8. The minimum Gasteiger partial charge on any atom is -0.457 e. The Morgan fingerprint density at radius 2 is 1.64 bits per heavy atom. The predicted octanol–water partition coefficient (Wildman–Crippen LogP) is 4.74. The van der Waals surface area contributed by atoms with Crippen LogP contribution in [0.1, 0.15) is 10.4 Å². The van der Waals surface area contributed by atoms with Gasteiger partial charge in [0.25, 0.3) is 5.91 Å². The van der Waals surface area contributed by atoms with E-state index in [0.29, 0.717) is 23.5 Å². The second kappa shape index (κ2) is 9.78. The van der Waals surface area contributed by atoms with Crippen molar-refractivity contribution in [2.45, 2.75) is 6.10 Å². The van der Waals surface area contributed by atoms with Crippen molar-refractivity contribution >= 4 is 28.9 Å². The molecule has 6 heteroatoms. The van der Waals surface area contributed by atoms with Gasteiger partial charge >= 0.3 is 0 Å². The van der Waals surface area contributed by atoms with Crippen LogP contribution in [0.4, 0.5) is 11.4 Å². The van der Waals surface area contributed by atoms with Crippen molar-refractivity contribution < 1.29 is 14.6 Å². The van der Waals surface area contributed by atoms with Gasteiger partial charge in [0.05, 0.1) is 12.0 Å². The van der Waals surface area contributed by atoms with Gasteiger partial charge in [-0.05, 0) is 54.6 Å². The second-order valence-corrected chi connectivity index (χ2v) is 6.47. The highest BCUT2D eigenvalue weighted by molar-refractivity contribution is 6.18. The van der Waals surface area contributed by atoms with Crippen LogP contribution >= 0.6 is 11.6 Å². The Labute approximate surface area is 168 Å². The molecule has 0 bridgehead atoms. The summed E-state index contributed by atoms with van der Waals surface area (Å²) >= 11 is 5.58. The fraction of sp³-hybridized carbons (Fsp3) is 0.136. The number of ether oxygens (including phenoxy) is 1. The summed E-state index contributed by atoms with van der Waals surface area (Å²) in [5.41, 5.74) is 1.92. The molecule has 5 nitrogen and oxygen atoms in total. The number of aliphatic hydroxyl groups is 1. The van der Waals surface area contributed by atoms with Crippen LogP contribution in [0.3, 0.4) is 0 Å². The van der Waals surface area contributed by atoms with Gasteiger partial charge in [0, 0.05) is 23.5 Å². The third-order valence-corrected chi connectivity index (χ3v) is 4.29.